The molecule has 190 valence electrons. The second kappa shape index (κ2) is 11.0. The van der Waals surface area contributed by atoms with Crippen LogP contribution in [0.5, 0.6) is 0 Å². The number of ether oxygens (including phenoxy) is 1. The fourth-order valence-electron chi connectivity index (χ4n) is 4.26. The van der Waals surface area contributed by atoms with Crippen molar-refractivity contribution in [2.75, 3.05) is 45.8 Å². The van der Waals surface area contributed by atoms with Gasteiger partial charge in [-0.3, -0.25) is 9.69 Å². The molecule has 2 aliphatic heterocycles. The minimum Gasteiger partial charge on any atom is -0.444 e. The molecule has 34 heavy (non-hydrogen) atoms. The lowest BCUT2D eigenvalue weighted by atomic mass is 10.0. The topological polar surface area (TPSA) is 99.3 Å². The van der Waals surface area contributed by atoms with Crippen LogP contribution in [0.15, 0.2) is 29.2 Å². The summed E-state index contributed by atoms with van der Waals surface area (Å²) in [6.45, 7) is 7.52. The molecule has 1 aromatic carbocycles. The van der Waals surface area contributed by atoms with Gasteiger partial charge in [0.15, 0.2) is 0 Å². The van der Waals surface area contributed by atoms with E-state index in [9.17, 15) is 22.4 Å². The molecule has 2 amide bonds. The maximum atomic E-state index is 14.0. The fourth-order valence-corrected chi connectivity index (χ4v) is 5.75. The number of benzene rings is 1. The van der Waals surface area contributed by atoms with Crippen molar-refractivity contribution in [2.45, 2.75) is 56.6 Å². The van der Waals surface area contributed by atoms with Crippen molar-refractivity contribution in [3.63, 3.8) is 0 Å². The van der Waals surface area contributed by atoms with Crippen LogP contribution in [0.3, 0.4) is 0 Å². The summed E-state index contributed by atoms with van der Waals surface area (Å²) >= 11 is 0. The molecule has 0 spiro atoms. The van der Waals surface area contributed by atoms with E-state index in [1.165, 1.54) is 22.5 Å². The quantitative estimate of drug-likeness (QED) is 0.645. The average Bonchev–Trinajstić information content (AvgIpc) is 2.77. The Bertz CT molecular complexity index is 974. The summed E-state index contributed by atoms with van der Waals surface area (Å²) < 4.78 is 46.1. The van der Waals surface area contributed by atoms with Crippen LogP contribution in [0.25, 0.3) is 0 Å². The van der Waals surface area contributed by atoms with Crippen molar-refractivity contribution in [1.82, 2.24) is 19.4 Å². The first kappa shape index (κ1) is 26.4. The lowest BCUT2D eigenvalue weighted by molar-refractivity contribution is -0.134. The van der Waals surface area contributed by atoms with Crippen LogP contribution in [0.1, 0.15) is 40.0 Å². The van der Waals surface area contributed by atoms with E-state index < -0.39 is 27.5 Å². The minimum absolute atomic E-state index is 0.0351. The van der Waals surface area contributed by atoms with Crippen molar-refractivity contribution in [3.8, 4) is 0 Å². The number of nitrogens with one attached hydrogen (secondary N) is 1. The summed E-state index contributed by atoms with van der Waals surface area (Å²) in [7, 11) is -3.95. The molecule has 9 nitrogen and oxygen atoms in total. The first-order chi connectivity index (χ1) is 16.0. The Labute approximate surface area is 201 Å². The number of alkyl carbamates (subject to hydrolysis) is 1. The minimum atomic E-state index is -3.95. The van der Waals surface area contributed by atoms with Gasteiger partial charge in [-0.25, -0.2) is 17.6 Å². The fraction of sp³-hybridized carbons (Fsp3) is 0.652. The highest BCUT2D eigenvalue weighted by atomic mass is 32.2. The first-order valence-electron chi connectivity index (χ1n) is 11.7. The van der Waals surface area contributed by atoms with Crippen molar-refractivity contribution in [2.24, 2.45) is 0 Å². The van der Waals surface area contributed by atoms with E-state index >= 15 is 0 Å². The Morgan fingerprint density at radius 2 is 1.76 bits per heavy atom. The van der Waals surface area contributed by atoms with Crippen LogP contribution >= 0.6 is 0 Å². The van der Waals surface area contributed by atoms with Gasteiger partial charge in [0.1, 0.15) is 16.3 Å². The molecule has 2 aliphatic rings. The number of carbonyl (C=O) groups excluding carboxylic acids is 2. The summed E-state index contributed by atoms with van der Waals surface area (Å²) in [5, 5.41) is 2.80. The van der Waals surface area contributed by atoms with Gasteiger partial charge < -0.3 is 15.0 Å². The van der Waals surface area contributed by atoms with E-state index in [4.69, 9.17) is 4.74 Å². The molecule has 0 aliphatic carbocycles. The van der Waals surface area contributed by atoms with Crippen LogP contribution in [0, 0.1) is 5.82 Å². The Morgan fingerprint density at radius 3 is 2.41 bits per heavy atom. The van der Waals surface area contributed by atoms with E-state index in [0.717, 1.165) is 31.9 Å². The Balaban J connectivity index is 1.52. The number of piperidine rings is 1. The molecule has 0 bridgehead atoms. The van der Waals surface area contributed by atoms with Crippen LogP contribution in [0.4, 0.5) is 9.18 Å². The zero-order chi connectivity index (χ0) is 24.9. The van der Waals surface area contributed by atoms with Crippen molar-refractivity contribution < 1.29 is 27.1 Å². The van der Waals surface area contributed by atoms with E-state index in [-0.39, 0.29) is 49.6 Å². The summed E-state index contributed by atoms with van der Waals surface area (Å²) in [6.07, 6.45) is 2.40. The van der Waals surface area contributed by atoms with Crippen LogP contribution in [-0.2, 0) is 19.6 Å². The molecule has 1 atom stereocenters. The van der Waals surface area contributed by atoms with Crippen molar-refractivity contribution >= 4 is 22.0 Å². The number of carbonyl (C=O) groups is 2. The van der Waals surface area contributed by atoms with Gasteiger partial charge in [-0.2, -0.15) is 4.31 Å². The van der Waals surface area contributed by atoms with Crippen LogP contribution in [0.2, 0.25) is 0 Å². The number of likely N-dealkylation sites (tertiary alicyclic amines) is 1. The number of halogens is 1. The second-order valence-electron chi connectivity index (χ2n) is 9.72. The molecule has 3 rings (SSSR count). The molecule has 1 N–H and O–H groups in total. The zero-order valence-electron chi connectivity index (χ0n) is 20.1. The SMILES string of the molecule is CC(C)(C)OC(=O)NCC1CCCCN1CC(=O)N1CCN(S(=O)(=O)c2ccccc2F)CC1. The summed E-state index contributed by atoms with van der Waals surface area (Å²) in [6, 6.07) is 5.35. The van der Waals surface area contributed by atoms with Gasteiger partial charge >= 0.3 is 6.09 Å². The lowest BCUT2D eigenvalue weighted by Crippen LogP contribution is -2.55. The predicted molar refractivity (Wildman–Crippen MR) is 125 cm³/mol. The molecule has 2 fully saturated rings. The number of nitrogens with zero attached hydrogens (tertiary/aromatic N) is 3. The standard InChI is InChI=1S/C23H35FN4O5S/c1-23(2,3)33-22(30)25-16-18-8-6-7-11-27(18)17-21(29)26-12-14-28(15-13-26)34(31,32)20-10-5-4-9-19(20)24/h4-5,9-10,18H,6-8,11-17H2,1-3H3,(H,25,30). The molecule has 1 unspecified atom stereocenters. The summed E-state index contributed by atoms with van der Waals surface area (Å²) in [5.74, 6) is -0.857. The predicted octanol–water partition coefficient (Wildman–Crippen LogP) is 2.04. The molecule has 11 heteroatoms. The zero-order valence-corrected chi connectivity index (χ0v) is 20.9. The molecule has 2 saturated heterocycles. The number of hydrogen-bond donors (Lipinski definition) is 1. The number of amides is 2. The van der Waals surface area contributed by atoms with E-state index in [0.29, 0.717) is 6.54 Å². The maximum absolute atomic E-state index is 14.0. The van der Waals surface area contributed by atoms with E-state index in [2.05, 4.69) is 10.2 Å². The first-order valence-corrected chi connectivity index (χ1v) is 13.1. The number of rotatable bonds is 6. The van der Waals surface area contributed by atoms with Gasteiger partial charge in [0.25, 0.3) is 0 Å². The van der Waals surface area contributed by atoms with Gasteiger partial charge in [0, 0.05) is 38.8 Å². The average molecular weight is 499 g/mol. The summed E-state index contributed by atoms with van der Waals surface area (Å²) in [5.41, 5.74) is -0.575. The van der Waals surface area contributed by atoms with Gasteiger partial charge in [0.05, 0.1) is 6.54 Å². The van der Waals surface area contributed by atoms with Gasteiger partial charge in [-0.1, -0.05) is 18.6 Å². The Morgan fingerprint density at radius 1 is 1.09 bits per heavy atom. The Hall–Kier alpha value is -2.24. The van der Waals surface area contributed by atoms with Gasteiger partial charge in [-0.15, -0.1) is 0 Å². The van der Waals surface area contributed by atoms with Crippen LogP contribution < -0.4 is 5.32 Å². The highest BCUT2D eigenvalue weighted by molar-refractivity contribution is 7.89. The third-order valence-corrected chi connectivity index (χ3v) is 7.95. The highest BCUT2D eigenvalue weighted by Crippen LogP contribution is 2.21. The molecule has 1 aromatic rings. The van der Waals surface area contributed by atoms with Crippen LogP contribution in [-0.4, -0.2) is 92.0 Å². The smallest absolute Gasteiger partial charge is 0.407 e. The normalized spacial score (nSPS) is 20.7. The number of piperazine rings is 1. The van der Waals surface area contributed by atoms with E-state index in [1.54, 1.807) is 25.7 Å². The van der Waals surface area contributed by atoms with Gasteiger partial charge in [-0.05, 0) is 52.3 Å². The number of hydrogen-bond acceptors (Lipinski definition) is 6. The molecule has 0 radical (unpaired) electrons. The summed E-state index contributed by atoms with van der Waals surface area (Å²) in [4.78, 5) is 28.4. The van der Waals surface area contributed by atoms with Crippen molar-refractivity contribution in [1.29, 1.82) is 0 Å². The molecular formula is C23H35FN4O5S. The van der Waals surface area contributed by atoms with E-state index in [1.807, 2.05) is 0 Å². The monoisotopic (exact) mass is 498 g/mol. The molecular weight excluding hydrogens is 463 g/mol. The molecule has 2 heterocycles. The second-order valence-corrected chi connectivity index (χ2v) is 11.6. The lowest BCUT2D eigenvalue weighted by Gasteiger charge is -2.38. The number of sulfonamides is 1. The largest absolute Gasteiger partial charge is 0.444 e. The van der Waals surface area contributed by atoms with Crippen molar-refractivity contribution in [3.05, 3.63) is 30.1 Å². The van der Waals surface area contributed by atoms with Gasteiger partial charge in [0.2, 0.25) is 15.9 Å². The third kappa shape index (κ3) is 6.89. The molecule has 0 saturated carbocycles. The highest BCUT2D eigenvalue weighted by Gasteiger charge is 2.33. The Kier molecular flexibility index (Phi) is 8.53. The third-order valence-electron chi connectivity index (χ3n) is 6.01. The molecule has 0 aromatic heterocycles. The maximum Gasteiger partial charge on any atom is 0.407 e.